The van der Waals surface area contributed by atoms with Gasteiger partial charge in [0.1, 0.15) is 11.0 Å². The molecule has 2 aromatic rings. The van der Waals surface area contributed by atoms with Crippen LogP contribution in [0.4, 0.5) is 0 Å². The molecule has 0 radical (unpaired) electrons. The van der Waals surface area contributed by atoms with Gasteiger partial charge in [-0.05, 0) is 30.5 Å². The summed E-state index contributed by atoms with van der Waals surface area (Å²) in [6, 6.07) is 4.66. The normalized spacial score (nSPS) is 12.6. The summed E-state index contributed by atoms with van der Waals surface area (Å²) in [5.74, 6) is -0.533. The lowest BCUT2D eigenvalue weighted by molar-refractivity contribution is -0.140. The third kappa shape index (κ3) is 5.18. The minimum absolute atomic E-state index is 0.306. The molecule has 1 heterocycles. The Morgan fingerprint density at radius 2 is 2.13 bits per heavy atom. The first-order valence-electron chi connectivity index (χ1n) is 7.23. The molecular weight excluding hydrogens is 355 g/mol. The zero-order valence-electron chi connectivity index (χ0n) is 12.8. The molecule has 0 unspecified atom stereocenters. The van der Waals surface area contributed by atoms with E-state index in [-0.39, 0.29) is 0 Å². The predicted molar refractivity (Wildman–Crippen MR) is 95.3 cm³/mol. The fourth-order valence-corrected chi connectivity index (χ4v) is 3.29. The fourth-order valence-electron chi connectivity index (χ4n) is 2.16. The van der Waals surface area contributed by atoms with E-state index in [9.17, 15) is 9.90 Å². The number of hydrogen-bond acceptors (Lipinski definition) is 4. The fraction of sp³-hybridized carbons (Fsp3) is 0.375. The molecule has 7 heteroatoms. The van der Waals surface area contributed by atoms with Crippen LogP contribution in [0.25, 0.3) is 11.3 Å². The van der Waals surface area contributed by atoms with Crippen LogP contribution in [0.1, 0.15) is 25.3 Å². The van der Waals surface area contributed by atoms with E-state index in [1.54, 1.807) is 18.2 Å². The number of nitrogens with one attached hydrogen (secondary N) is 1. The highest BCUT2D eigenvalue weighted by molar-refractivity contribution is 7.09. The zero-order valence-corrected chi connectivity index (χ0v) is 15.2. The number of hydrogen-bond donors (Lipinski definition) is 2. The Kier molecular flexibility index (Phi) is 6.41. The lowest BCUT2D eigenvalue weighted by Crippen LogP contribution is -2.37. The zero-order chi connectivity index (χ0) is 17.0. The summed E-state index contributed by atoms with van der Waals surface area (Å²) < 4.78 is 0. The maximum atomic E-state index is 11.3. The SMILES string of the molecule is CC(C)C[C@H](NCc1nc(-c2cc(Cl)ccc2Cl)cs1)C(=O)O. The van der Waals surface area contributed by atoms with Crippen molar-refractivity contribution in [2.24, 2.45) is 5.92 Å². The second-order valence-electron chi connectivity index (χ2n) is 5.65. The topological polar surface area (TPSA) is 62.2 Å². The first-order chi connectivity index (χ1) is 10.9. The van der Waals surface area contributed by atoms with Crippen LogP contribution < -0.4 is 5.32 Å². The van der Waals surface area contributed by atoms with Crippen LogP contribution in [0.15, 0.2) is 23.6 Å². The first kappa shape index (κ1) is 18.2. The van der Waals surface area contributed by atoms with Crippen LogP contribution in [0.3, 0.4) is 0 Å². The van der Waals surface area contributed by atoms with Crippen molar-refractivity contribution in [1.82, 2.24) is 10.3 Å². The maximum absolute atomic E-state index is 11.3. The molecule has 2 rings (SSSR count). The molecular formula is C16H18Cl2N2O2S. The Balaban J connectivity index is 2.07. The minimum atomic E-state index is -0.839. The number of halogens is 2. The van der Waals surface area contributed by atoms with Gasteiger partial charge in [-0.1, -0.05) is 37.0 Å². The molecule has 0 amide bonds. The molecule has 0 saturated heterocycles. The number of nitrogens with zero attached hydrogens (tertiary/aromatic N) is 1. The number of thiazole rings is 1. The molecule has 0 bridgehead atoms. The van der Waals surface area contributed by atoms with Crippen molar-refractivity contribution in [2.75, 3.05) is 0 Å². The molecule has 0 saturated carbocycles. The quantitative estimate of drug-likeness (QED) is 0.738. The average Bonchev–Trinajstić information content (AvgIpc) is 2.94. The number of rotatable bonds is 7. The van der Waals surface area contributed by atoms with Crippen LogP contribution in [-0.2, 0) is 11.3 Å². The van der Waals surface area contributed by atoms with Gasteiger partial charge in [0.05, 0.1) is 10.7 Å². The van der Waals surface area contributed by atoms with E-state index < -0.39 is 12.0 Å². The molecule has 0 aliphatic carbocycles. The summed E-state index contributed by atoms with van der Waals surface area (Å²) in [5.41, 5.74) is 1.52. The van der Waals surface area contributed by atoms with Crippen LogP contribution in [0, 0.1) is 5.92 Å². The second kappa shape index (κ2) is 8.11. The van der Waals surface area contributed by atoms with Gasteiger partial charge >= 0.3 is 5.97 Å². The highest BCUT2D eigenvalue weighted by atomic mass is 35.5. The Morgan fingerprint density at radius 1 is 1.39 bits per heavy atom. The molecule has 0 spiro atoms. The van der Waals surface area contributed by atoms with Crippen molar-refractivity contribution in [1.29, 1.82) is 0 Å². The third-order valence-corrected chi connectivity index (χ3v) is 4.67. The minimum Gasteiger partial charge on any atom is -0.480 e. The molecule has 4 nitrogen and oxygen atoms in total. The van der Waals surface area contributed by atoms with Gasteiger partial charge in [0.15, 0.2) is 0 Å². The summed E-state index contributed by atoms with van der Waals surface area (Å²) in [4.78, 5) is 15.8. The van der Waals surface area contributed by atoms with E-state index in [1.165, 1.54) is 11.3 Å². The monoisotopic (exact) mass is 372 g/mol. The molecule has 124 valence electrons. The largest absolute Gasteiger partial charge is 0.480 e. The first-order valence-corrected chi connectivity index (χ1v) is 8.86. The van der Waals surface area contributed by atoms with Crippen molar-refractivity contribution < 1.29 is 9.90 Å². The molecule has 23 heavy (non-hydrogen) atoms. The molecule has 2 N–H and O–H groups in total. The maximum Gasteiger partial charge on any atom is 0.320 e. The Labute approximate surface area is 149 Å². The summed E-state index contributed by atoms with van der Waals surface area (Å²) in [6.45, 7) is 4.41. The van der Waals surface area contributed by atoms with Gasteiger partial charge in [0.25, 0.3) is 0 Å². The van der Waals surface area contributed by atoms with Crippen molar-refractivity contribution in [3.8, 4) is 11.3 Å². The number of carbonyl (C=O) groups is 1. The molecule has 0 aliphatic heterocycles. The molecule has 1 atom stereocenters. The van der Waals surface area contributed by atoms with Crippen molar-refractivity contribution in [3.05, 3.63) is 38.6 Å². The van der Waals surface area contributed by atoms with Crippen molar-refractivity contribution >= 4 is 40.5 Å². The van der Waals surface area contributed by atoms with Crippen LogP contribution in [0.5, 0.6) is 0 Å². The van der Waals surface area contributed by atoms with Crippen molar-refractivity contribution in [3.63, 3.8) is 0 Å². The van der Waals surface area contributed by atoms with Gasteiger partial charge in [0.2, 0.25) is 0 Å². The Bertz CT molecular complexity index is 688. The van der Waals surface area contributed by atoms with Crippen molar-refractivity contribution in [2.45, 2.75) is 32.9 Å². The van der Waals surface area contributed by atoms with Gasteiger partial charge in [-0.15, -0.1) is 11.3 Å². The number of benzene rings is 1. The Hall–Kier alpha value is -1.14. The lowest BCUT2D eigenvalue weighted by atomic mass is 10.0. The van der Waals surface area contributed by atoms with Gasteiger partial charge in [-0.25, -0.2) is 4.98 Å². The van der Waals surface area contributed by atoms with Crippen LogP contribution >= 0.6 is 34.5 Å². The highest BCUT2D eigenvalue weighted by Crippen LogP contribution is 2.31. The van der Waals surface area contributed by atoms with E-state index in [1.807, 2.05) is 19.2 Å². The van der Waals surface area contributed by atoms with Gasteiger partial charge in [-0.2, -0.15) is 0 Å². The van der Waals surface area contributed by atoms with Gasteiger partial charge < -0.3 is 5.11 Å². The average molecular weight is 373 g/mol. The number of carboxylic acid groups (broad SMARTS) is 1. The standard InChI is InChI=1S/C16H18Cl2N2O2S/c1-9(2)5-13(16(21)22)19-7-15-20-14(8-23-15)11-6-10(17)3-4-12(11)18/h3-4,6,8-9,13,19H,5,7H2,1-2H3,(H,21,22)/t13-/m0/s1. The smallest absolute Gasteiger partial charge is 0.320 e. The van der Waals surface area contributed by atoms with E-state index in [2.05, 4.69) is 10.3 Å². The second-order valence-corrected chi connectivity index (χ2v) is 7.44. The van der Waals surface area contributed by atoms with E-state index in [0.717, 1.165) is 16.3 Å². The number of aliphatic carboxylic acids is 1. The summed E-state index contributed by atoms with van der Waals surface area (Å²) in [6.07, 6.45) is 0.577. The predicted octanol–water partition coefficient (Wildman–Crippen LogP) is 4.71. The number of aromatic nitrogens is 1. The Morgan fingerprint density at radius 3 is 2.78 bits per heavy atom. The van der Waals surface area contributed by atoms with Gasteiger partial charge in [-0.3, -0.25) is 10.1 Å². The van der Waals surface area contributed by atoms with Crippen LogP contribution in [0.2, 0.25) is 10.0 Å². The summed E-state index contributed by atoms with van der Waals surface area (Å²) in [7, 11) is 0. The summed E-state index contributed by atoms with van der Waals surface area (Å²) >= 11 is 13.6. The molecule has 0 aliphatic rings. The number of carboxylic acids is 1. The summed E-state index contributed by atoms with van der Waals surface area (Å²) in [5, 5.41) is 16.2. The van der Waals surface area contributed by atoms with Crippen LogP contribution in [-0.4, -0.2) is 22.1 Å². The highest BCUT2D eigenvalue weighted by Gasteiger charge is 2.19. The van der Waals surface area contributed by atoms with E-state index in [4.69, 9.17) is 23.2 Å². The van der Waals surface area contributed by atoms with E-state index in [0.29, 0.717) is 28.9 Å². The molecule has 1 aromatic heterocycles. The third-order valence-electron chi connectivity index (χ3n) is 3.26. The van der Waals surface area contributed by atoms with E-state index >= 15 is 0 Å². The van der Waals surface area contributed by atoms with Gasteiger partial charge in [0, 0.05) is 22.5 Å². The molecule has 0 fully saturated rings. The molecule has 1 aromatic carbocycles. The lowest BCUT2D eigenvalue weighted by Gasteiger charge is -2.15.